The van der Waals surface area contributed by atoms with E-state index in [1.807, 2.05) is 36.4 Å². The number of hydrogen-bond donors (Lipinski definition) is 1. The van der Waals surface area contributed by atoms with Crippen LogP contribution in [-0.2, 0) is 17.6 Å². The molecule has 1 amide bonds. The molecule has 116 valence electrons. The number of carbonyl (C=O) groups excluding carboxylic acids is 1. The zero-order valence-corrected chi connectivity index (χ0v) is 14.2. The lowest BCUT2D eigenvalue weighted by molar-refractivity contribution is -0.120. The maximum absolute atomic E-state index is 12.0. The molecule has 0 aliphatic heterocycles. The molecule has 1 heterocycles. The Labute approximate surface area is 143 Å². The number of nitrogens with one attached hydrogen (secondary N) is 1. The van der Waals surface area contributed by atoms with Crippen LogP contribution in [0.3, 0.4) is 0 Å². The minimum absolute atomic E-state index is 0.0421. The second kappa shape index (κ2) is 7.38. The number of rotatable bonds is 5. The first-order chi connectivity index (χ1) is 11.2. The summed E-state index contributed by atoms with van der Waals surface area (Å²) in [6.07, 6.45) is 2.99. The van der Waals surface area contributed by atoms with Gasteiger partial charge in [-0.1, -0.05) is 52.3 Å². The summed E-state index contributed by atoms with van der Waals surface area (Å²) in [5.74, 6) is 0.0421. The first kappa shape index (κ1) is 15.7. The van der Waals surface area contributed by atoms with Gasteiger partial charge in [-0.25, -0.2) is 0 Å². The maximum atomic E-state index is 12.0. The van der Waals surface area contributed by atoms with Crippen molar-refractivity contribution in [2.75, 3.05) is 6.54 Å². The van der Waals surface area contributed by atoms with E-state index in [1.165, 1.54) is 0 Å². The number of nitrogens with zero attached hydrogens (tertiary/aromatic N) is 1. The average molecular weight is 369 g/mol. The number of hydrogen-bond acceptors (Lipinski definition) is 2. The van der Waals surface area contributed by atoms with Gasteiger partial charge in [0.15, 0.2) is 0 Å². The van der Waals surface area contributed by atoms with Crippen LogP contribution in [0.5, 0.6) is 0 Å². The highest BCUT2D eigenvalue weighted by molar-refractivity contribution is 9.10. The third kappa shape index (κ3) is 4.17. The summed E-state index contributed by atoms with van der Waals surface area (Å²) in [5.41, 5.74) is 3.18. The molecule has 23 heavy (non-hydrogen) atoms. The van der Waals surface area contributed by atoms with Gasteiger partial charge in [-0.15, -0.1) is 0 Å². The van der Waals surface area contributed by atoms with E-state index < -0.39 is 0 Å². The minimum atomic E-state index is 0.0421. The number of halogens is 1. The van der Waals surface area contributed by atoms with Crippen LogP contribution in [0, 0.1) is 0 Å². The Bertz CT molecular complexity index is 810. The van der Waals surface area contributed by atoms with E-state index in [9.17, 15) is 4.79 Å². The zero-order valence-electron chi connectivity index (χ0n) is 12.6. The second-order valence-electron chi connectivity index (χ2n) is 5.40. The highest BCUT2D eigenvalue weighted by Crippen LogP contribution is 2.16. The lowest BCUT2D eigenvalue weighted by atomic mass is 10.1. The van der Waals surface area contributed by atoms with Crippen LogP contribution >= 0.6 is 15.9 Å². The minimum Gasteiger partial charge on any atom is -0.355 e. The van der Waals surface area contributed by atoms with Crippen LogP contribution in [0.4, 0.5) is 0 Å². The molecule has 0 unspecified atom stereocenters. The number of benzene rings is 2. The van der Waals surface area contributed by atoms with Crippen molar-refractivity contribution in [3.8, 4) is 0 Å². The molecule has 1 aromatic heterocycles. The van der Waals surface area contributed by atoms with Crippen molar-refractivity contribution >= 4 is 32.7 Å². The van der Waals surface area contributed by atoms with E-state index in [2.05, 4.69) is 44.4 Å². The van der Waals surface area contributed by atoms with Crippen LogP contribution in [0.25, 0.3) is 10.9 Å². The van der Waals surface area contributed by atoms with Gasteiger partial charge in [0, 0.05) is 22.6 Å². The van der Waals surface area contributed by atoms with Crippen LogP contribution in [0.2, 0.25) is 0 Å². The maximum Gasteiger partial charge on any atom is 0.224 e. The lowest BCUT2D eigenvalue weighted by Gasteiger charge is -2.08. The van der Waals surface area contributed by atoms with Crippen molar-refractivity contribution < 1.29 is 4.79 Å². The molecule has 0 fully saturated rings. The highest BCUT2D eigenvalue weighted by Gasteiger charge is 2.05. The number of pyridine rings is 1. The Morgan fingerprint density at radius 2 is 1.83 bits per heavy atom. The number of fused-ring (bicyclic) bond motifs is 1. The van der Waals surface area contributed by atoms with Gasteiger partial charge in [-0.05, 0) is 35.7 Å². The third-order valence-corrected chi connectivity index (χ3v) is 4.24. The van der Waals surface area contributed by atoms with Crippen LogP contribution in [0.1, 0.15) is 11.1 Å². The van der Waals surface area contributed by atoms with Crippen LogP contribution in [-0.4, -0.2) is 17.4 Å². The molecule has 0 atom stereocenters. The van der Waals surface area contributed by atoms with Crippen molar-refractivity contribution in [2.45, 2.75) is 12.8 Å². The molecule has 0 saturated carbocycles. The molecule has 3 rings (SSSR count). The Balaban J connectivity index is 1.56. The molecule has 0 aliphatic carbocycles. The molecular weight excluding hydrogens is 352 g/mol. The van der Waals surface area contributed by atoms with Gasteiger partial charge in [0.05, 0.1) is 11.9 Å². The van der Waals surface area contributed by atoms with E-state index in [4.69, 9.17) is 0 Å². The lowest BCUT2D eigenvalue weighted by Crippen LogP contribution is -2.27. The van der Waals surface area contributed by atoms with E-state index in [0.29, 0.717) is 13.0 Å². The van der Waals surface area contributed by atoms with Crippen molar-refractivity contribution in [1.82, 2.24) is 10.3 Å². The van der Waals surface area contributed by atoms with Gasteiger partial charge in [0.2, 0.25) is 5.91 Å². The molecule has 0 radical (unpaired) electrons. The summed E-state index contributed by atoms with van der Waals surface area (Å²) in [5, 5.41) is 4.11. The van der Waals surface area contributed by atoms with E-state index in [-0.39, 0.29) is 5.91 Å². The van der Waals surface area contributed by atoms with Crippen LogP contribution < -0.4 is 5.32 Å². The quantitative estimate of drug-likeness (QED) is 0.741. The molecule has 4 heteroatoms. The monoisotopic (exact) mass is 368 g/mol. The normalized spacial score (nSPS) is 10.7. The third-order valence-electron chi connectivity index (χ3n) is 3.71. The van der Waals surface area contributed by atoms with E-state index >= 15 is 0 Å². The standard InChI is InChI=1S/C19H17BrN2O/c20-17-8-6-14(7-9-17)13-18(23)21-12-10-16-4-1-3-15-5-2-11-22-19(15)16/h1-9,11H,10,12-13H2,(H,21,23). The van der Waals surface area contributed by atoms with Crippen molar-refractivity contribution in [3.63, 3.8) is 0 Å². The summed E-state index contributed by atoms with van der Waals surface area (Å²) in [4.78, 5) is 16.5. The summed E-state index contributed by atoms with van der Waals surface area (Å²) < 4.78 is 1.02. The molecule has 0 aliphatic rings. The zero-order chi connectivity index (χ0) is 16.1. The molecule has 1 N–H and O–H groups in total. The average Bonchev–Trinajstić information content (AvgIpc) is 2.57. The summed E-state index contributed by atoms with van der Waals surface area (Å²) >= 11 is 3.39. The predicted molar refractivity (Wildman–Crippen MR) is 96.3 cm³/mol. The molecule has 3 aromatic rings. The smallest absolute Gasteiger partial charge is 0.224 e. The second-order valence-corrected chi connectivity index (χ2v) is 6.31. The number of amides is 1. The van der Waals surface area contributed by atoms with Gasteiger partial charge < -0.3 is 5.32 Å². The van der Waals surface area contributed by atoms with Gasteiger partial charge in [-0.3, -0.25) is 9.78 Å². The van der Waals surface area contributed by atoms with E-state index in [1.54, 1.807) is 6.20 Å². The predicted octanol–water partition coefficient (Wildman–Crippen LogP) is 3.90. The fourth-order valence-electron chi connectivity index (χ4n) is 2.56. The first-order valence-electron chi connectivity index (χ1n) is 7.56. The fourth-order valence-corrected chi connectivity index (χ4v) is 2.82. The topological polar surface area (TPSA) is 42.0 Å². The van der Waals surface area contributed by atoms with Gasteiger partial charge in [0.25, 0.3) is 0 Å². The molecule has 0 spiro atoms. The van der Waals surface area contributed by atoms with Crippen molar-refractivity contribution in [1.29, 1.82) is 0 Å². The Morgan fingerprint density at radius 1 is 1.04 bits per heavy atom. The Hall–Kier alpha value is -2.20. The summed E-state index contributed by atoms with van der Waals surface area (Å²) in [7, 11) is 0. The summed E-state index contributed by atoms with van der Waals surface area (Å²) in [6.45, 7) is 0.616. The van der Waals surface area contributed by atoms with Gasteiger partial charge in [-0.2, -0.15) is 0 Å². The van der Waals surface area contributed by atoms with Gasteiger partial charge >= 0.3 is 0 Å². The van der Waals surface area contributed by atoms with Crippen molar-refractivity contribution in [3.05, 3.63) is 76.4 Å². The first-order valence-corrected chi connectivity index (χ1v) is 8.35. The van der Waals surface area contributed by atoms with E-state index in [0.717, 1.165) is 32.9 Å². The molecule has 2 aromatic carbocycles. The number of para-hydroxylation sites is 1. The number of aromatic nitrogens is 1. The molecule has 3 nitrogen and oxygen atoms in total. The molecular formula is C19H17BrN2O. The van der Waals surface area contributed by atoms with Crippen molar-refractivity contribution in [2.24, 2.45) is 0 Å². The number of carbonyl (C=O) groups is 1. The molecule has 0 saturated heterocycles. The summed E-state index contributed by atoms with van der Waals surface area (Å²) in [6, 6.07) is 18.0. The Morgan fingerprint density at radius 3 is 2.65 bits per heavy atom. The Kier molecular flexibility index (Phi) is 5.03. The SMILES string of the molecule is O=C(Cc1ccc(Br)cc1)NCCc1cccc2cccnc12. The molecule has 0 bridgehead atoms. The largest absolute Gasteiger partial charge is 0.355 e. The highest BCUT2D eigenvalue weighted by atomic mass is 79.9. The fraction of sp³-hybridized carbons (Fsp3) is 0.158. The van der Waals surface area contributed by atoms with Crippen LogP contribution in [0.15, 0.2) is 65.3 Å². The van der Waals surface area contributed by atoms with Gasteiger partial charge in [0.1, 0.15) is 0 Å².